The highest BCUT2D eigenvalue weighted by atomic mass is 16.5. The van der Waals surface area contributed by atoms with Gasteiger partial charge in [-0.25, -0.2) is 0 Å². The summed E-state index contributed by atoms with van der Waals surface area (Å²) < 4.78 is 10.1. The number of esters is 2. The smallest absolute Gasteiger partial charge is 0.304 e. The Labute approximate surface area is 118 Å². The zero-order valence-corrected chi connectivity index (χ0v) is 11.3. The van der Waals surface area contributed by atoms with E-state index in [0.717, 1.165) is 0 Å². The van der Waals surface area contributed by atoms with Crippen LogP contribution in [0.5, 0.6) is 0 Å². The van der Waals surface area contributed by atoms with E-state index in [1.807, 2.05) is 0 Å². The minimum Gasteiger partial charge on any atom is -0.444 e. The van der Waals surface area contributed by atoms with E-state index in [4.69, 9.17) is 22.3 Å². The summed E-state index contributed by atoms with van der Waals surface area (Å²) in [5, 5.41) is 0. The Kier molecular flexibility index (Phi) is 5.38. The first kappa shape index (κ1) is 15.3. The molecular formula is C16H14O4. The van der Waals surface area contributed by atoms with Gasteiger partial charge >= 0.3 is 11.9 Å². The van der Waals surface area contributed by atoms with Gasteiger partial charge in [0, 0.05) is 25.0 Å². The summed E-state index contributed by atoms with van der Waals surface area (Å²) in [6.07, 6.45) is 9.00. The lowest BCUT2D eigenvalue weighted by molar-refractivity contribution is -0.146. The van der Waals surface area contributed by atoms with Crippen molar-refractivity contribution in [1.29, 1.82) is 0 Å². The van der Waals surface area contributed by atoms with Crippen molar-refractivity contribution in [2.75, 3.05) is 0 Å². The van der Waals surface area contributed by atoms with E-state index in [1.165, 1.54) is 13.8 Å². The van der Waals surface area contributed by atoms with Crippen molar-refractivity contribution in [3.05, 3.63) is 35.4 Å². The Morgan fingerprint density at radius 1 is 0.950 bits per heavy atom. The van der Waals surface area contributed by atoms with Crippen molar-refractivity contribution >= 4 is 11.9 Å². The van der Waals surface area contributed by atoms with Crippen LogP contribution in [0.3, 0.4) is 0 Å². The van der Waals surface area contributed by atoms with E-state index in [-0.39, 0.29) is 0 Å². The van der Waals surface area contributed by atoms with Crippen LogP contribution in [0.2, 0.25) is 0 Å². The van der Waals surface area contributed by atoms with E-state index in [2.05, 4.69) is 11.8 Å². The van der Waals surface area contributed by atoms with Crippen LogP contribution in [-0.2, 0) is 19.1 Å². The molecule has 2 atom stereocenters. The maximum absolute atomic E-state index is 11.1. The van der Waals surface area contributed by atoms with E-state index >= 15 is 0 Å². The van der Waals surface area contributed by atoms with Crippen molar-refractivity contribution < 1.29 is 19.1 Å². The number of carbonyl (C=O) groups is 2. The molecule has 0 saturated carbocycles. The number of rotatable bonds is 4. The standard InChI is InChI=1S/C16H14O4/c1-5-15(19-11(3)17)13-9-7-8-10-14(13)16(6-2)20-12(4)18/h1-2,7-10,15-16H,3-4H3. The van der Waals surface area contributed by atoms with Gasteiger partial charge in [0.05, 0.1) is 0 Å². The fourth-order valence-corrected chi connectivity index (χ4v) is 1.69. The van der Waals surface area contributed by atoms with Gasteiger partial charge in [-0.2, -0.15) is 0 Å². The Morgan fingerprint density at radius 2 is 1.30 bits per heavy atom. The molecule has 1 aromatic rings. The molecule has 0 aliphatic heterocycles. The van der Waals surface area contributed by atoms with E-state index in [1.54, 1.807) is 24.3 Å². The second kappa shape index (κ2) is 7.01. The number of hydrogen-bond acceptors (Lipinski definition) is 4. The molecule has 0 amide bonds. The molecule has 0 heterocycles. The third kappa shape index (κ3) is 3.90. The lowest BCUT2D eigenvalue weighted by Gasteiger charge is -2.19. The monoisotopic (exact) mass is 270 g/mol. The molecule has 4 nitrogen and oxygen atoms in total. The van der Waals surface area contributed by atoms with E-state index < -0.39 is 24.1 Å². The van der Waals surface area contributed by atoms with Crippen molar-refractivity contribution in [1.82, 2.24) is 0 Å². The molecule has 0 aromatic heterocycles. The first-order chi connectivity index (χ1) is 9.49. The highest BCUT2D eigenvalue weighted by Gasteiger charge is 2.21. The normalized spacial score (nSPS) is 12.4. The fraction of sp³-hybridized carbons (Fsp3) is 0.250. The van der Waals surface area contributed by atoms with Crippen molar-refractivity contribution in [2.45, 2.75) is 26.1 Å². The largest absolute Gasteiger partial charge is 0.444 e. The lowest BCUT2D eigenvalue weighted by Crippen LogP contribution is -2.13. The maximum atomic E-state index is 11.1. The first-order valence-electron chi connectivity index (χ1n) is 5.85. The molecule has 0 aliphatic carbocycles. The Morgan fingerprint density at radius 3 is 1.55 bits per heavy atom. The van der Waals surface area contributed by atoms with Crippen LogP contribution in [0.1, 0.15) is 37.2 Å². The topological polar surface area (TPSA) is 52.6 Å². The first-order valence-corrected chi connectivity index (χ1v) is 5.85. The molecule has 0 spiro atoms. The molecule has 0 radical (unpaired) electrons. The average Bonchev–Trinajstić information content (AvgIpc) is 2.42. The zero-order chi connectivity index (χ0) is 15.1. The van der Waals surface area contributed by atoms with E-state index in [0.29, 0.717) is 11.1 Å². The summed E-state index contributed by atoms with van der Waals surface area (Å²) in [5.41, 5.74) is 1.05. The third-order valence-electron chi connectivity index (χ3n) is 2.43. The van der Waals surface area contributed by atoms with Crippen LogP contribution >= 0.6 is 0 Å². The van der Waals surface area contributed by atoms with Gasteiger partial charge in [-0.05, 0) is 0 Å². The summed E-state index contributed by atoms with van der Waals surface area (Å²) in [4.78, 5) is 22.1. The predicted octanol–water partition coefficient (Wildman–Crippen LogP) is 2.16. The molecule has 1 rings (SSSR count). The van der Waals surface area contributed by atoms with Gasteiger partial charge in [0.15, 0.2) is 12.2 Å². The van der Waals surface area contributed by atoms with Gasteiger partial charge in [0.2, 0.25) is 0 Å². The van der Waals surface area contributed by atoms with Gasteiger partial charge < -0.3 is 9.47 Å². The molecule has 0 fully saturated rings. The van der Waals surface area contributed by atoms with Crippen molar-refractivity contribution in [3.8, 4) is 24.7 Å². The summed E-state index contributed by atoms with van der Waals surface area (Å²) in [5.74, 6) is 3.73. The minimum absolute atomic E-state index is 0.507. The molecule has 0 saturated heterocycles. The second-order valence-corrected chi connectivity index (χ2v) is 3.94. The van der Waals surface area contributed by atoms with Crippen LogP contribution in [0.15, 0.2) is 24.3 Å². The molecule has 0 N–H and O–H groups in total. The van der Waals surface area contributed by atoms with Crippen LogP contribution in [0.25, 0.3) is 0 Å². The summed E-state index contributed by atoms with van der Waals surface area (Å²) >= 11 is 0. The van der Waals surface area contributed by atoms with Crippen molar-refractivity contribution in [3.63, 3.8) is 0 Å². The third-order valence-corrected chi connectivity index (χ3v) is 2.43. The second-order valence-electron chi connectivity index (χ2n) is 3.94. The SMILES string of the molecule is C#CC(OC(C)=O)c1ccccc1C(C#C)OC(C)=O. The minimum atomic E-state index is -0.880. The molecule has 20 heavy (non-hydrogen) atoms. The van der Waals surface area contributed by atoms with Crippen molar-refractivity contribution in [2.24, 2.45) is 0 Å². The Bertz CT molecular complexity index is 536. The molecule has 0 aliphatic rings. The molecular weight excluding hydrogens is 256 g/mol. The fourth-order valence-electron chi connectivity index (χ4n) is 1.69. The predicted molar refractivity (Wildman–Crippen MR) is 73.1 cm³/mol. The van der Waals surface area contributed by atoms with Crippen LogP contribution in [0, 0.1) is 24.7 Å². The van der Waals surface area contributed by atoms with Gasteiger partial charge in [-0.3, -0.25) is 9.59 Å². The van der Waals surface area contributed by atoms with Gasteiger partial charge in [-0.1, -0.05) is 36.1 Å². The lowest BCUT2D eigenvalue weighted by atomic mass is 9.98. The maximum Gasteiger partial charge on any atom is 0.304 e. The molecule has 0 bridgehead atoms. The van der Waals surface area contributed by atoms with Crippen LogP contribution < -0.4 is 0 Å². The zero-order valence-electron chi connectivity index (χ0n) is 11.3. The summed E-state index contributed by atoms with van der Waals surface area (Å²) in [6, 6.07) is 6.81. The Hall–Kier alpha value is -2.72. The van der Waals surface area contributed by atoms with Gasteiger partial charge in [0.25, 0.3) is 0 Å². The van der Waals surface area contributed by atoms with Crippen LogP contribution in [-0.4, -0.2) is 11.9 Å². The quantitative estimate of drug-likeness (QED) is 0.621. The molecule has 4 heteroatoms. The summed E-state index contributed by atoms with van der Waals surface area (Å²) in [7, 11) is 0. The number of ether oxygens (including phenoxy) is 2. The molecule has 2 unspecified atom stereocenters. The van der Waals surface area contributed by atoms with Crippen LogP contribution in [0.4, 0.5) is 0 Å². The molecule has 1 aromatic carbocycles. The highest BCUT2D eigenvalue weighted by molar-refractivity contribution is 5.67. The average molecular weight is 270 g/mol. The summed E-state index contributed by atoms with van der Waals surface area (Å²) in [6.45, 7) is 2.52. The number of terminal acetylenes is 2. The number of hydrogen-bond donors (Lipinski definition) is 0. The number of carbonyl (C=O) groups excluding carboxylic acids is 2. The Balaban J connectivity index is 3.22. The number of benzene rings is 1. The van der Waals surface area contributed by atoms with Gasteiger partial charge in [0.1, 0.15) is 0 Å². The van der Waals surface area contributed by atoms with Gasteiger partial charge in [-0.15, -0.1) is 12.8 Å². The highest BCUT2D eigenvalue weighted by Crippen LogP contribution is 2.28. The van der Waals surface area contributed by atoms with E-state index in [9.17, 15) is 9.59 Å². The molecule has 102 valence electrons.